The van der Waals surface area contributed by atoms with E-state index in [0.717, 1.165) is 0 Å². The molecule has 8 heteroatoms. The van der Waals surface area contributed by atoms with Gasteiger partial charge >= 0.3 is 0 Å². The fraction of sp³-hybridized carbons (Fsp3) is 0. The van der Waals surface area contributed by atoms with E-state index in [1.54, 1.807) is 18.2 Å². The number of rotatable bonds is 1. The molecule has 0 amide bonds. The number of aromatic amines is 2. The number of nitrogens with two attached hydrogens (primary N) is 2. The van der Waals surface area contributed by atoms with E-state index >= 15 is 0 Å². The molecular formula is C11H9ClN6O. The summed E-state index contributed by atoms with van der Waals surface area (Å²) in [6.07, 6.45) is 0. The van der Waals surface area contributed by atoms with Crippen molar-refractivity contribution < 1.29 is 0 Å². The van der Waals surface area contributed by atoms with Crippen LogP contribution in [0.2, 0.25) is 5.02 Å². The van der Waals surface area contributed by atoms with E-state index in [1.807, 2.05) is 0 Å². The molecule has 0 bridgehead atoms. The molecule has 1 aromatic carbocycles. The van der Waals surface area contributed by atoms with E-state index in [2.05, 4.69) is 19.9 Å². The van der Waals surface area contributed by atoms with Crippen LogP contribution >= 0.6 is 11.6 Å². The Kier molecular flexibility index (Phi) is 2.42. The van der Waals surface area contributed by atoms with Crippen LogP contribution in [-0.2, 0) is 0 Å². The lowest BCUT2D eigenvalue weighted by Gasteiger charge is -1.99. The molecule has 2 aromatic heterocycles. The second kappa shape index (κ2) is 3.99. The molecule has 0 aliphatic carbocycles. The molecule has 0 saturated heterocycles. The van der Waals surface area contributed by atoms with Gasteiger partial charge in [-0.25, -0.2) is 4.98 Å². The van der Waals surface area contributed by atoms with Crippen molar-refractivity contribution in [3.05, 3.63) is 33.6 Å². The predicted octanol–water partition coefficient (Wildman–Crippen LogP) is 1.13. The van der Waals surface area contributed by atoms with Crippen molar-refractivity contribution in [2.75, 3.05) is 11.5 Å². The van der Waals surface area contributed by atoms with Crippen LogP contribution in [-0.4, -0.2) is 19.9 Å². The third-order valence-electron chi connectivity index (χ3n) is 2.57. The maximum Gasteiger partial charge on any atom is 0.278 e. The fourth-order valence-corrected chi connectivity index (χ4v) is 2.05. The highest BCUT2D eigenvalue weighted by Crippen LogP contribution is 2.24. The van der Waals surface area contributed by atoms with Gasteiger partial charge in [-0.05, 0) is 18.2 Å². The SMILES string of the molecule is Nc1cc(Cl)cc(-c2nc3nc(N)[nH]c(=O)c3[nH]2)c1. The number of anilines is 2. The molecular weight excluding hydrogens is 268 g/mol. The van der Waals surface area contributed by atoms with Gasteiger partial charge in [0.2, 0.25) is 5.95 Å². The quantitative estimate of drug-likeness (QED) is 0.496. The number of hydrogen-bond acceptors (Lipinski definition) is 5. The number of imidazole rings is 1. The summed E-state index contributed by atoms with van der Waals surface area (Å²) in [6, 6.07) is 5.01. The van der Waals surface area contributed by atoms with Crippen molar-refractivity contribution in [3.63, 3.8) is 0 Å². The molecule has 6 N–H and O–H groups in total. The van der Waals surface area contributed by atoms with E-state index in [1.165, 1.54) is 0 Å². The molecule has 3 rings (SSSR count). The third-order valence-corrected chi connectivity index (χ3v) is 2.79. The molecule has 0 unspecified atom stereocenters. The van der Waals surface area contributed by atoms with Crippen LogP contribution in [0.25, 0.3) is 22.6 Å². The lowest BCUT2D eigenvalue weighted by atomic mass is 10.2. The molecule has 0 radical (unpaired) electrons. The molecule has 0 aliphatic heterocycles. The van der Waals surface area contributed by atoms with Crippen molar-refractivity contribution >= 4 is 34.4 Å². The number of fused-ring (bicyclic) bond motifs is 1. The number of benzene rings is 1. The van der Waals surface area contributed by atoms with Gasteiger partial charge in [0.25, 0.3) is 5.56 Å². The normalized spacial score (nSPS) is 11.0. The second-order valence-corrected chi connectivity index (χ2v) is 4.44. The van der Waals surface area contributed by atoms with Crippen molar-refractivity contribution in [1.29, 1.82) is 0 Å². The van der Waals surface area contributed by atoms with E-state index < -0.39 is 0 Å². The maximum absolute atomic E-state index is 11.7. The van der Waals surface area contributed by atoms with Crippen molar-refractivity contribution in [1.82, 2.24) is 19.9 Å². The van der Waals surface area contributed by atoms with Crippen LogP contribution in [0.1, 0.15) is 0 Å². The van der Waals surface area contributed by atoms with Crippen LogP contribution in [0.15, 0.2) is 23.0 Å². The minimum absolute atomic E-state index is 0.0150. The summed E-state index contributed by atoms with van der Waals surface area (Å²) in [5.41, 5.74) is 12.5. The summed E-state index contributed by atoms with van der Waals surface area (Å²) in [4.78, 5) is 25.1. The number of nitrogens with zero attached hydrogens (tertiary/aromatic N) is 2. The molecule has 96 valence electrons. The van der Waals surface area contributed by atoms with E-state index in [4.69, 9.17) is 23.1 Å². The van der Waals surface area contributed by atoms with E-state index in [0.29, 0.717) is 22.1 Å². The maximum atomic E-state index is 11.7. The first kappa shape index (κ1) is 11.5. The van der Waals surface area contributed by atoms with Crippen LogP contribution < -0.4 is 17.0 Å². The average molecular weight is 277 g/mol. The van der Waals surface area contributed by atoms with Gasteiger partial charge in [-0.3, -0.25) is 9.78 Å². The number of halogens is 1. The summed E-state index contributed by atoms with van der Waals surface area (Å²) in [5.74, 6) is 0.467. The Morgan fingerprint density at radius 1 is 1.11 bits per heavy atom. The Balaban J connectivity index is 2.26. The molecule has 0 atom stereocenters. The van der Waals surface area contributed by atoms with Gasteiger partial charge in [0.15, 0.2) is 11.2 Å². The second-order valence-electron chi connectivity index (χ2n) is 4.01. The Hall–Kier alpha value is -2.54. The molecule has 0 saturated carbocycles. The zero-order chi connectivity index (χ0) is 13.6. The summed E-state index contributed by atoms with van der Waals surface area (Å²) in [5, 5.41) is 0.483. The lowest BCUT2D eigenvalue weighted by molar-refractivity contribution is 1.17. The van der Waals surface area contributed by atoms with Crippen LogP contribution in [0.3, 0.4) is 0 Å². The minimum Gasteiger partial charge on any atom is -0.399 e. The highest BCUT2D eigenvalue weighted by atomic mass is 35.5. The first-order chi connectivity index (χ1) is 9.02. The van der Waals surface area contributed by atoms with Crippen LogP contribution in [0.5, 0.6) is 0 Å². The van der Waals surface area contributed by atoms with Gasteiger partial charge in [-0.2, -0.15) is 4.98 Å². The Morgan fingerprint density at radius 3 is 2.63 bits per heavy atom. The number of H-pyrrole nitrogens is 2. The summed E-state index contributed by atoms with van der Waals surface area (Å²) < 4.78 is 0. The zero-order valence-electron chi connectivity index (χ0n) is 9.57. The highest BCUT2D eigenvalue weighted by molar-refractivity contribution is 6.31. The minimum atomic E-state index is -0.378. The summed E-state index contributed by atoms with van der Waals surface area (Å²) in [7, 11) is 0. The van der Waals surface area contributed by atoms with Crippen molar-refractivity contribution in [2.45, 2.75) is 0 Å². The smallest absolute Gasteiger partial charge is 0.278 e. The molecule has 7 nitrogen and oxygen atoms in total. The Bertz CT molecular complexity index is 817. The van der Waals surface area contributed by atoms with Crippen molar-refractivity contribution in [3.8, 4) is 11.4 Å². The van der Waals surface area contributed by atoms with Crippen LogP contribution in [0, 0.1) is 0 Å². The molecule has 19 heavy (non-hydrogen) atoms. The van der Waals surface area contributed by atoms with E-state index in [9.17, 15) is 4.79 Å². The Labute approximate surface area is 111 Å². The average Bonchev–Trinajstić information content (AvgIpc) is 2.71. The largest absolute Gasteiger partial charge is 0.399 e. The van der Waals surface area contributed by atoms with Crippen LogP contribution in [0.4, 0.5) is 11.6 Å². The standard InChI is InChI=1S/C11H9ClN6O/c12-5-1-4(2-6(13)3-5)8-15-7-9(16-8)17-11(14)18-10(7)19/h1-3H,13H2,(H4,14,15,16,17,18,19). The van der Waals surface area contributed by atoms with Gasteiger partial charge < -0.3 is 16.5 Å². The molecule has 0 fully saturated rings. The number of nitrogens with one attached hydrogen (secondary N) is 2. The first-order valence-electron chi connectivity index (χ1n) is 5.35. The topological polar surface area (TPSA) is 126 Å². The molecule has 0 aliphatic rings. The first-order valence-corrected chi connectivity index (χ1v) is 5.72. The van der Waals surface area contributed by atoms with Gasteiger partial charge in [-0.1, -0.05) is 11.6 Å². The predicted molar refractivity (Wildman–Crippen MR) is 73.8 cm³/mol. The fourth-order valence-electron chi connectivity index (χ4n) is 1.81. The number of hydrogen-bond donors (Lipinski definition) is 4. The molecule has 0 spiro atoms. The van der Waals surface area contributed by atoms with Gasteiger partial charge in [0.1, 0.15) is 5.82 Å². The monoisotopic (exact) mass is 276 g/mol. The summed E-state index contributed by atoms with van der Waals surface area (Å²) >= 11 is 5.93. The Morgan fingerprint density at radius 2 is 1.89 bits per heavy atom. The zero-order valence-corrected chi connectivity index (χ0v) is 10.3. The summed E-state index contributed by atoms with van der Waals surface area (Å²) in [6.45, 7) is 0. The van der Waals surface area contributed by atoms with Crippen molar-refractivity contribution in [2.24, 2.45) is 0 Å². The lowest BCUT2D eigenvalue weighted by Crippen LogP contribution is -2.10. The molecule has 2 heterocycles. The third kappa shape index (κ3) is 2.00. The van der Waals surface area contributed by atoms with Gasteiger partial charge in [0.05, 0.1) is 0 Å². The number of nitrogen functional groups attached to an aromatic ring is 2. The van der Waals surface area contributed by atoms with Gasteiger partial charge in [0, 0.05) is 16.3 Å². The highest BCUT2D eigenvalue weighted by Gasteiger charge is 2.11. The number of aromatic nitrogens is 4. The van der Waals surface area contributed by atoms with E-state index in [-0.39, 0.29) is 22.7 Å². The van der Waals surface area contributed by atoms with Gasteiger partial charge in [-0.15, -0.1) is 0 Å². The molecule has 3 aromatic rings.